The van der Waals surface area contributed by atoms with Crippen molar-refractivity contribution in [2.24, 2.45) is 0 Å². The van der Waals surface area contributed by atoms with Gasteiger partial charge in [0.15, 0.2) is 0 Å². The molecule has 1 aromatic heterocycles. The Labute approximate surface area is 116 Å². The molecule has 0 radical (unpaired) electrons. The maximum Gasteiger partial charge on any atom is 0.240 e. The van der Waals surface area contributed by atoms with E-state index in [1.54, 1.807) is 18.0 Å². The highest BCUT2D eigenvalue weighted by molar-refractivity contribution is 7.99. The van der Waals surface area contributed by atoms with E-state index in [9.17, 15) is 4.79 Å². The van der Waals surface area contributed by atoms with Gasteiger partial charge in [-0.2, -0.15) is 5.10 Å². The minimum atomic E-state index is -0.0200. The molecule has 1 N–H and O–H groups in total. The van der Waals surface area contributed by atoms with Crippen LogP contribution in [0.4, 0.5) is 0 Å². The highest BCUT2D eigenvalue weighted by atomic mass is 32.2. The monoisotopic (exact) mass is 282 g/mol. The smallest absolute Gasteiger partial charge is 0.240 e. The predicted octanol–water partition coefficient (Wildman–Crippen LogP) is -0.227. The van der Waals surface area contributed by atoms with Crippen molar-refractivity contribution in [3.05, 3.63) is 18.5 Å². The largest absolute Gasteiger partial charge is 0.373 e. The summed E-state index contributed by atoms with van der Waals surface area (Å²) in [5.41, 5.74) is 0. The highest BCUT2D eigenvalue weighted by Gasteiger charge is 2.31. The molecule has 0 aromatic carbocycles. The van der Waals surface area contributed by atoms with E-state index in [-0.39, 0.29) is 18.1 Å². The SMILES string of the molecule is O=C(C1CSCN1)N1CCOC(Cn2cccn2)C1. The highest BCUT2D eigenvalue weighted by Crippen LogP contribution is 2.14. The molecule has 2 atom stereocenters. The Balaban J connectivity index is 1.56. The Hall–Kier alpha value is -1.05. The molecule has 19 heavy (non-hydrogen) atoms. The number of ether oxygens (including phenoxy) is 1. The summed E-state index contributed by atoms with van der Waals surface area (Å²) in [5.74, 6) is 1.95. The van der Waals surface area contributed by atoms with Crippen LogP contribution in [0.2, 0.25) is 0 Å². The third kappa shape index (κ3) is 3.10. The number of rotatable bonds is 3. The molecule has 2 fully saturated rings. The van der Waals surface area contributed by atoms with Crippen LogP contribution in [0.3, 0.4) is 0 Å². The molecule has 3 heterocycles. The number of nitrogens with one attached hydrogen (secondary N) is 1. The maximum absolute atomic E-state index is 12.3. The summed E-state index contributed by atoms with van der Waals surface area (Å²) >= 11 is 1.78. The van der Waals surface area contributed by atoms with Crippen molar-refractivity contribution < 1.29 is 9.53 Å². The van der Waals surface area contributed by atoms with Crippen molar-refractivity contribution in [3.63, 3.8) is 0 Å². The first-order valence-corrected chi connectivity index (χ1v) is 7.67. The van der Waals surface area contributed by atoms with Crippen LogP contribution < -0.4 is 5.32 Å². The lowest BCUT2D eigenvalue weighted by molar-refractivity contribution is -0.140. The predicted molar refractivity (Wildman–Crippen MR) is 72.8 cm³/mol. The number of thioether (sulfide) groups is 1. The summed E-state index contributed by atoms with van der Waals surface area (Å²) in [4.78, 5) is 14.2. The lowest BCUT2D eigenvalue weighted by Crippen LogP contribution is -2.52. The molecule has 104 valence electrons. The molecule has 2 unspecified atom stereocenters. The number of nitrogens with zero attached hydrogens (tertiary/aromatic N) is 3. The van der Waals surface area contributed by atoms with Crippen molar-refractivity contribution >= 4 is 17.7 Å². The van der Waals surface area contributed by atoms with Gasteiger partial charge < -0.3 is 9.64 Å². The normalized spacial score (nSPS) is 27.7. The van der Waals surface area contributed by atoms with Crippen LogP contribution in [-0.4, -0.2) is 64.1 Å². The number of morpholine rings is 1. The number of hydrogen-bond donors (Lipinski definition) is 1. The van der Waals surface area contributed by atoms with Gasteiger partial charge in [-0.3, -0.25) is 14.8 Å². The van der Waals surface area contributed by atoms with Crippen molar-refractivity contribution in [3.8, 4) is 0 Å². The summed E-state index contributed by atoms with van der Waals surface area (Å²) in [6.07, 6.45) is 3.71. The molecule has 0 aliphatic carbocycles. The Morgan fingerprint density at radius 2 is 2.53 bits per heavy atom. The van der Waals surface area contributed by atoms with Gasteiger partial charge in [-0.15, -0.1) is 11.8 Å². The second kappa shape index (κ2) is 5.94. The first kappa shape index (κ1) is 13.0. The van der Waals surface area contributed by atoms with E-state index >= 15 is 0 Å². The van der Waals surface area contributed by atoms with E-state index in [1.807, 2.05) is 21.8 Å². The topological polar surface area (TPSA) is 59.4 Å². The lowest BCUT2D eigenvalue weighted by atomic mass is 10.2. The Bertz CT molecular complexity index is 419. The summed E-state index contributed by atoms with van der Waals surface area (Å²) in [6.45, 7) is 2.65. The molecular weight excluding hydrogens is 264 g/mol. The Morgan fingerprint density at radius 1 is 1.58 bits per heavy atom. The molecule has 0 saturated carbocycles. The average molecular weight is 282 g/mol. The molecule has 0 spiro atoms. The van der Waals surface area contributed by atoms with Gasteiger partial charge in [0.2, 0.25) is 5.91 Å². The summed E-state index contributed by atoms with van der Waals surface area (Å²) in [6, 6.07) is 1.87. The molecule has 6 nitrogen and oxygen atoms in total. The zero-order chi connectivity index (χ0) is 13.1. The minimum Gasteiger partial charge on any atom is -0.373 e. The van der Waals surface area contributed by atoms with Crippen molar-refractivity contribution in [1.29, 1.82) is 0 Å². The second-order valence-corrected chi connectivity index (χ2v) is 5.81. The molecular formula is C12H18N4O2S. The van der Waals surface area contributed by atoms with Gasteiger partial charge in [0.25, 0.3) is 0 Å². The van der Waals surface area contributed by atoms with Crippen LogP contribution in [-0.2, 0) is 16.1 Å². The van der Waals surface area contributed by atoms with Gasteiger partial charge in [0.05, 0.1) is 25.3 Å². The summed E-state index contributed by atoms with van der Waals surface area (Å²) in [7, 11) is 0. The lowest BCUT2D eigenvalue weighted by Gasteiger charge is -2.34. The van der Waals surface area contributed by atoms with Gasteiger partial charge >= 0.3 is 0 Å². The zero-order valence-electron chi connectivity index (χ0n) is 10.7. The van der Waals surface area contributed by atoms with Crippen LogP contribution in [0.15, 0.2) is 18.5 Å². The maximum atomic E-state index is 12.3. The third-order valence-corrected chi connectivity index (χ3v) is 4.35. The average Bonchev–Trinajstić information content (AvgIpc) is 3.11. The van der Waals surface area contributed by atoms with Crippen LogP contribution in [0, 0.1) is 0 Å². The fraction of sp³-hybridized carbons (Fsp3) is 0.667. The van der Waals surface area contributed by atoms with Crippen LogP contribution >= 0.6 is 11.8 Å². The van der Waals surface area contributed by atoms with Crippen LogP contribution in [0.5, 0.6) is 0 Å². The zero-order valence-corrected chi connectivity index (χ0v) is 11.5. The van der Waals surface area contributed by atoms with Gasteiger partial charge in [0.1, 0.15) is 0 Å². The van der Waals surface area contributed by atoms with Crippen LogP contribution in [0.1, 0.15) is 0 Å². The standard InChI is InChI=1S/C12H18N4O2S/c17-12(11-8-19-9-13-11)15-4-5-18-10(6-15)7-16-3-1-2-14-16/h1-3,10-11,13H,4-9H2. The molecule has 1 aromatic rings. The number of amides is 1. The summed E-state index contributed by atoms with van der Waals surface area (Å²) < 4.78 is 7.56. The fourth-order valence-corrected chi connectivity index (χ4v) is 3.35. The molecule has 2 aliphatic heterocycles. The molecule has 2 saturated heterocycles. The third-order valence-electron chi connectivity index (χ3n) is 3.41. The van der Waals surface area contributed by atoms with Crippen LogP contribution in [0.25, 0.3) is 0 Å². The van der Waals surface area contributed by atoms with E-state index in [0.717, 1.165) is 11.6 Å². The molecule has 3 rings (SSSR count). The quantitative estimate of drug-likeness (QED) is 0.830. The fourth-order valence-electron chi connectivity index (χ4n) is 2.42. The molecule has 1 amide bonds. The van der Waals surface area contributed by atoms with Gasteiger partial charge in [-0.1, -0.05) is 0 Å². The molecule has 0 bridgehead atoms. The van der Waals surface area contributed by atoms with Gasteiger partial charge in [-0.05, 0) is 6.07 Å². The van der Waals surface area contributed by atoms with Crippen molar-refractivity contribution in [2.75, 3.05) is 31.3 Å². The number of carbonyl (C=O) groups is 1. The number of hydrogen-bond acceptors (Lipinski definition) is 5. The Morgan fingerprint density at radius 3 is 3.26 bits per heavy atom. The van der Waals surface area contributed by atoms with Crippen molar-refractivity contribution in [2.45, 2.75) is 18.7 Å². The summed E-state index contributed by atoms with van der Waals surface area (Å²) in [5, 5.41) is 7.40. The first-order valence-electron chi connectivity index (χ1n) is 6.52. The van der Waals surface area contributed by atoms with E-state index in [2.05, 4.69) is 10.4 Å². The second-order valence-electron chi connectivity index (χ2n) is 4.78. The molecule has 2 aliphatic rings. The van der Waals surface area contributed by atoms with Crippen molar-refractivity contribution in [1.82, 2.24) is 20.0 Å². The van der Waals surface area contributed by atoms with E-state index in [1.165, 1.54) is 0 Å². The number of aromatic nitrogens is 2. The van der Waals surface area contributed by atoms with Gasteiger partial charge in [0, 0.05) is 37.1 Å². The van der Waals surface area contributed by atoms with E-state index < -0.39 is 0 Å². The molecule has 7 heteroatoms. The number of carbonyl (C=O) groups excluding carboxylic acids is 1. The van der Waals surface area contributed by atoms with Gasteiger partial charge in [-0.25, -0.2) is 0 Å². The Kier molecular flexibility index (Phi) is 4.05. The first-order chi connectivity index (χ1) is 9.33. The van der Waals surface area contributed by atoms with E-state index in [0.29, 0.717) is 26.2 Å². The minimum absolute atomic E-state index is 0.0200. The van der Waals surface area contributed by atoms with E-state index in [4.69, 9.17) is 4.74 Å².